The van der Waals surface area contributed by atoms with E-state index >= 15 is 0 Å². The first-order valence-electron chi connectivity index (χ1n) is 8.99. The first-order valence-corrected chi connectivity index (χ1v) is 8.99. The summed E-state index contributed by atoms with van der Waals surface area (Å²) in [5.74, 6) is -0.0485. The van der Waals surface area contributed by atoms with E-state index in [-0.39, 0.29) is 11.8 Å². The third-order valence-electron chi connectivity index (χ3n) is 5.60. The number of hydrogen-bond donors (Lipinski definition) is 1. The van der Waals surface area contributed by atoms with Crippen LogP contribution < -0.4 is 5.32 Å². The van der Waals surface area contributed by atoms with Crippen LogP contribution in [-0.4, -0.2) is 40.3 Å². The Kier molecular flexibility index (Phi) is 3.74. The smallest absolute Gasteiger partial charge is 0.254 e. The number of nitrogens with zero attached hydrogens (tertiary/aromatic N) is 2. The van der Waals surface area contributed by atoms with Gasteiger partial charge in [-0.2, -0.15) is 0 Å². The molecular formula is C20H23N3O2. The topological polar surface area (TPSA) is 62.3 Å². The third-order valence-corrected chi connectivity index (χ3v) is 5.60. The van der Waals surface area contributed by atoms with Crippen molar-refractivity contribution >= 4 is 22.7 Å². The lowest BCUT2D eigenvalue weighted by atomic mass is 9.86. The summed E-state index contributed by atoms with van der Waals surface area (Å²) in [6, 6.07) is 7.74. The molecule has 130 valence electrons. The number of rotatable bonds is 1. The number of piperidine rings is 1. The molecule has 2 aliphatic heterocycles. The van der Waals surface area contributed by atoms with Gasteiger partial charge in [0, 0.05) is 29.7 Å². The van der Waals surface area contributed by atoms with Crippen LogP contribution in [0.25, 0.3) is 10.9 Å². The van der Waals surface area contributed by atoms with Crippen molar-refractivity contribution in [3.05, 3.63) is 41.1 Å². The highest BCUT2D eigenvalue weighted by Gasteiger charge is 2.50. The second kappa shape index (κ2) is 5.83. The van der Waals surface area contributed by atoms with Crippen molar-refractivity contribution in [2.45, 2.75) is 45.1 Å². The number of fused-ring (bicyclic) bond motifs is 1. The van der Waals surface area contributed by atoms with Crippen molar-refractivity contribution in [3.63, 3.8) is 0 Å². The van der Waals surface area contributed by atoms with E-state index in [1.807, 2.05) is 31.2 Å². The van der Waals surface area contributed by atoms with Crippen molar-refractivity contribution in [1.82, 2.24) is 15.2 Å². The molecule has 0 saturated carbocycles. The van der Waals surface area contributed by atoms with Crippen molar-refractivity contribution in [1.29, 1.82) is 0 Å². The van der Waals surface area contributed by atoms with Crippen LogP contribution in [0.3, 0.4) is 0 Å². The fourth-order valence-corrected chi connectivity index (χ4v) is 4.39. The fraction of sp³-hybridized carbons (Fsp3) is 0.450. The van der Waals surface area contributed by atoms with E-state index in [1.165, 1.54) is 0 Å². The number of hydrogen-bond acceptors (Lipinski definition) is 3. The number of aryl methyl sites for hydroxylation is 2. The number of carbonyl (C=O) groups is 2. The Morgan fingerprint density at radius 3 is 2.80 bits per heavy atom. The molecule has 2 aliphatic rings. The molecule has 0 radical (unpaired) electrons. The van der Waals surface area contributed by atoms with E-state index in [0.29, 0.717) is 18.7 Å². The average Bonchev–Trinajstić information content (AvgIpc) is 3.00. The second-order valence-electron chi connectivity index (χ2n) is 7.26. The molecule has 4 rings (SSSR count). The van der Waals surface area contributed by atoms with Gasteiger partial charge in [-0.15, -0.1) is 0 Å². The number of aromatic nitrogens is 1. The highest BCUT2D eigenvalue weighted by molar-refractivity contribution is 6.02. The number of benzene rings is 1. The summed E-state index contributed by atoms with van der Waals surface area (Å²) in [6.45, 7) is 5.37. The molecule has 2 amide bonds. The quantitative estimate of drug-likeness (QED) is 0.870. The van der Waals surface area contributed by atoms with Crippen LogP contribution in [0.1, 0.15) is 47.3 Å². The van der Waals surface area contributed by atoms with Crippen LogP contribution in [-0.2, 0) is 4.79 Å². The number of nitrogens with one attached hydrogen (secondary N) is 1. The van der Waals surface area contributed by atoms with Crippen molar-refractivity contribution in [2.24, 2.45) is 0 Å². The molecular weight excluding hydrogens is 314 g/mol. The predicted molar refractivity (Wildman–Crippen MR) is 96.5 cm³/mol. The lowest BCUT2D eigenvalue weighted by Crippen LogP contribution is -2.60. The molecule has 0 aliphatic carbocycles. The summed E-state index contributed by atoms with van der Waals surface area (Å²) in [5.41, 5.74) is 2.90. The predicted octanol–water partition coefficient (Wildman–Crippen LogP) is 2.74. The number of carbonyl (C=O) groups excluding carboxylic acids is 2. The summed E-state index contributed by atoms with van der Waals surface area (Å²) >= 11 is 0. The van der Waals surface area contributed by atoms with Crippen LogP contribution in [0.15, 0.2) is 24.3 Å². The first-order chi connectivity index (χ1) is 12.0. The van der Waals surface area contributed by atoms with E-state index in [2.05, 4.69) is 17.2 Å². The number of pyridine rings is 1. The van der Waals surface area contributed by atoms with Crippen LogP contribution in [0.4, 0.5) is 0 Å². The van der Waals surface area contributed by atoms with E-state index in [9.17, 15) is 9.59 Å². The maximum Gasteiger partial charge on any atom is 0.254 e. The molecule has 1 spiro atoms. The summed E-state index contributed by atoms with van der Waals surface area (Å²) in [7, 11) is 0. The molecule has 1 aromatic carbocycles. The van der Waals surface area contributed by atoms with Gasteiger partial charge in [-0.05, 0) is 63.3 Å². The van der Waals surface area contributed by atoms with Crippen LogP contribution in [0.5, 0.6) is 0 Å². The Hall–Kier alpha value is -2.43. The van der Waals surface area contributed by atoms with E-state index < -0.39 is 5.54 Å². The Balaban J connectivity index is 1.73. The second-order valence-corrected chi connectivity index (χ2v) is 7.26. The largest absolute Gasteiger partial charge is 0.354 e. The Morgan fingerprint density at radius 2 is 2.00 bits per heavy atom. The monoisotopic (exact) mass is 337 g/mol. The van der Waals surface area contributed by atoms with Gasteiger partial charge in [0.05, 0.1) is 5.52 Å². The lowest BCUT2D eigenvalue weighted by Gasteiger charge is -2.40. The molecule has 25 heavy (non-hydrogen) atoms. The number of likely N-dealkylation sites (tertiary alicyclic amines) is 1. The van der Waals surface area contributed by atoms with Gasteiger partial charge in [0.2, 0.25) is 5.91 Å². The zero-order valence-corrected chi connectivity index (χ0v) is 14.8. The summed E-state index contributed by atoms with van der Waals surface area (Å²) in [4.78, 5) is 32.1. The van der Waals surface area contributed by atoms with Gasteiger partial charge in [-0.3, -0.25) is 14.6 Å². The fourth-order valence-electron chi connectivity index (χ4n) is 4.39. The minimum absolute atomic E-state index is 0.00945. The zero-order chi connectivity index (χ0) is 17.6. The zero-order valence-electron chi connectivity index (χ0n) is 14.8. The maximum atomic E-state index is 13.2. The van der Waals surface area contributed by atoms with Crippen LogP contribution in [0.2, 0.25) is 0 Å². The molecule has 5 heteroatoms. The van der Waals surface area contributed by atoms with Gasteiger partial charge in [-0.25, -0.2) is 0 Å². The SMILES string of the molecule is Cc1cc(C)c2ccc(C(=O)N3CCCC34CCCNC4=O)cc2n1. The third kappa shape index (κ3) is 2.49. The Bertz CT molecular complexity index is 877. The minimum atomic E-state index is -0.653. The molecule has 5 nitrogen and oxygen atoms in total. The van der Waals surface area contributed by atoms with Gasteiger partial charge in [0.25, 0.3) is 5.91 Å². The van der Waals surface area contributed by atoms with Gasteiger partial charge >= 0.3 is 0 Å². The van der Waals surface area contributed by atoms with Crippen molar-refractivity contribution in [3.8, 4) is 0 Å². The standard InChI is InChI=1S/C20H23N3O2/c1-13-11-14(2)22-17-12-15(5-6-16(13)17)18(24)23-10-4-8-20(23)7-3-9-21-19(20)25/h5-6,11-12H,3-4,7-10H2,1-2H3,(H,21,25). The average molecular weight is 337 g/mol. The first kappa shape index (κ1) is 16.1. The van der Waals surface area contributed by atoms with E-state index in [0.717, 1.165) is 47.8 Å². The molecule has 2 fully saturated rings. The lowest BCUT2D eigenvalue weighted by molar-refractivity contribution is -0.133. The van der Waals surface area contributed by atoms with Crippen LogP contribution in [0, 0.1) is 13.8 Å². The molecule has 2 aromatic rings. The molecule has 1 N–H and O–H groups in total. The normalized spacial score (nSPS) is 23.3. The molecule has 0 bridgehead atoms. The highest BCUT2D eigenvalue weighted by Crippen LogP contribution is 2.37. The van der Waals surface area contributed by atoms with Gasteiger partial charge in [0.1, 0.15) is 5.54 Å². The van der Waals surface area contributed by atoms with Crippen LogP contribution >= 0.6 is 0 Å². The summed E-state index contributed by atoms with van der Waals surface area (Å²) < 4.78 is 0. The molecule has 3 heterocycles. The van der Waals surface area contributed by atoms with Gasteiger partial charge < -0.3 is 10.2 Å². The summed E-state index contributed by atoms with van der Waals surface area (Å²) in [5, 5.41) is 4.01. The van der Waals surface area contributed by atoms with Gasteiger partial charge in [0.15, 0.2) is 0 Å². The van der Waals surface area contributed by atoms with E-state index in [1.54, 1.807) is 4.90 Å². The summed E-state index contributed by atoms with van der Waals surface area (Å²) in [6.07, 6.45) is 3.32. The minimum Gasteiger partial charge on any atom is -0.354 e. The number of amides is 2. The molecule has 1 atom stereocenters. The molecule has 2 saturated heterocycles. The molecule has 1 aromatic heterocycles. The maximum absolute atomic E-state index is 13.2. The Labute approximate surface area is 147 Å². The van der Waals surface area contributed by atoms with Crippen molar-refractivity contribution < 1.29 is 9.59 Å². The molecule has 1 unspecified atom stereocenters. The van der Waals surface area contributed by atoms with Crippen molar-refractivity contribution in [2.75, 3.05) is 13.1 Å². The highest BCUT2D eigenvalue weighted by atomic mass is 16.2. The Morgan fingerprint density at radius 1 is 1.20 bits per heavy atom. The van der Waals surface area contributed by atoms with Gasteiger partial charge in [-0.1, -0.05) is 6.07 Å². The van der Waals surface area contributed by atoms with E-state index in [4.69, 9.17) is 0 Å².